The van der Waals surface area contributed by atoms with Crippen molar-refractivity contribution < 1.29 is 31.1 Å². The van der Waals surface area contributed by atoms with Gasteiger partial charge in [-0.15, -0.1) is 0 Å². The Bertz CT molecular complexity index is 3160. The van der Waals surface area contributed by atoms with Gasteiger partial charge in [0.1, 0.15) is 29.4 Å². The number of allylic oxidation sites excluding steroid dienone is 2. The summed E-state index contributed by atoms with van der Waals surface area (Å²) in [6.45, 7) is 10.7. The third kappa shape index (κ3) is 5.21. The van der Waals surface area contributed by atoms with Gasteiger partial charge in [0, 0.05) is 28.5 Å². The van der Waals surface area contributed by atoms with Crippen molar-refractivity contribution >= 4 is 66.0 Å². The summed E-state index contributed by atoms with van der Waals surface area (Å²) in [4.78, 5) is 36.8. The summed E-state index contributed by atoms with van der Waals surface area (Å²) in [5, 5.41) is 8.33. The Morgan fingerprint density at radius 1 is 0.433 bits per heavy atom. The summed E-state index contributed by atoms with van der Waals surface area (Å²) in [6, 6.07) is 50.2. The maximum absolute atomic E-state index is 16.3. The van der Waals surface area contributed by atoms with Crippen LogP contribution >= 0.6 is 0 Å². The zero-order valence-corrected chi connectivity index (χ0v) is 35.6. The molecule has 9 aromatic rings. The van der Waals surface area contributed by atoms with E-state index in [1.807, 2.05) is 55.5 Å². The summed E-state index contributed by atoms with van der Waals surface area (Å²) in [7, 11) is 0. The van der Waals surface area contributed by atoms with Crippen LogP contribution in [0, 0.1) is 34.6 Å². The van der Waals surface area contributed by atoms with E-state index in [1.54, 1.807) is 0 Å². The zero-order chi connectivity index (χ0) is 40.3. The molecule has 2 aliphatic rings. The van der Waals surface area contributed by atoms with E-state index in [9.17, 15) is 0 Å². The maximum atomic E-state index is 16.3. The molecule has 0 radical (unpaired) electrons. The van der Waals surface area contributed by atoms with E-state index in [0.717, 1.165) is 93.9 Å². The quantitative estimate of drug-likeness (QED) is 0.167. The monoisotopic (exact) mass is 844 g/mol. The van der Waals surface area contributed by atoms with E-state index in [-0.39, 0.29) is 35.2 Å². The smallest absolute Gasteiger partial charge is 0.264 e. The van der Waals surface area contributed by atoms with Crippen LogP contribution in [0.3, 0.4) is 0 Å². The number of carbonyl (C=O) groups excluding carboxylic acids is 2. The molecule has 6 nitrogen and oxygen atoms in total. The Morgan fingerprint density at radius 3 is 1.32 bits per heavy atom. The highest BCUT2D eigenvalue weighted by atomic mass is 79.9. The summed E-state index contributed by atoms with van der Waals surface area (Å²) in [5.74, 6) is 0.404. The number of benzene rings is 8. The van der Waals surface area contributed by atoms with Crippen molar-refractivity contribution in [2.45, 2.75) is 34.6 Å². The SMILES string of the molecule is Cc1ccc2ccccc2c1N1CN(c2c(C)ccc3ccccc23)C2=C1C(=O)c1c([n+](-c3c(C)ccc4ccccc34)c(C)n1-c1c(C)ccc3ccccc13)C2=O.[Br-]. The molecule has 1 aliphatic carbocycles. The molecule has 0 spiro atoms. The van der Waals surface area contributed by atoms with Crippen LogP contribution < -0.4 is 31.3 Å². The van der Waals surface area contributed by atoms with Gasteiger partial charge in [-0.1, -0.05) is 146 Å². The van der Waals surface area contributed by atoms with Gasteiger partial charge in [-0.3, -0.25) is 9.59 Å². The minimum Gasteiger partial charge on any atom is -1.00 e. The van der Waals surface area contributed by atoms with Crippen LogP contribution in [0.2, 0.25) is 0 Å². The lowest BCUT2D eigenvalue weighted by atomic mass is 9.94. The van der Waals surface area contributed by atoms with Crippen molar-refractivity contribution in [3.05, 3.63) is 196 Å². The summed E-state index contributed by atoms with van der Waals surface area (Å²) in [6.07, 6.45) is 0. The van der Waals surface area contributed by atoms with Crippen LogP contribution in [-0.4, -0.2) is 22.8 Å². The third-order valence-electron chi connectivity index (χ3n) is 12.6. The van der Waals surface area contributed by atoms with Gasteiger partial charge in [-0.05, 0) is 71.5 Å². The minimum absolute atomic E-state index is 0. The van der Waals surface area contributed by atoms with Crippen LogP contribution in [0.4, 0.5) is 11.4 Å². The number of hydrogen-bond donors (Lipinski definition) is 0. The van der Waals surface area contributed by atoms with Gasteiger partial charge in [-0.2, -0.15) is 9.13 Å². The van der Waals surface area contributed by atoms with Crippen molar-refractivity contribution in [3.63, 3.8) is 0 Å². The Kier molecular flexibility index (Phi) is 8.67. The molecule has 0 saturated carbocycles. The molecular formula is C53H41BrN4O2. The van der Waals surface area contributed by atoms with E-state index in [2.05, 4.69) is 144 Å². The predicted octanol–water partition coefficient (Wildman–Crippen LogP) is 8.49. The molecule has 1 aliphatic heterocycles. The van der Waals surface area contributed by atoms with Crippen molar-refractivity contribution in [3.8, 4) is 11.4 Å². The lowest BCUT2D eigenvalue weighted by Crippen LogP contribution is -3.00. The first kappa shape index (κ1) is 37.4. The van der Waals surface area contributed by atoms with Crippen molar-refractivity contribution in [1.29, 1.82) is 0 Å². The van der Waals surface area contributed by atoms with Crippen LogP contribution in [0.1, 0.15) is 49.1 Å². The largest absolute Gasteiger partial charge is 1.00 e. The van der Waals surface area contributed by atoms with Crippen LogP contribution in [-0.2, 0) is 0 Å². The maximum Gasteiger partial charge on any atom is 0.264 e. The van der Waals surface area contributed by atoms with Crippen LogP contribution in [0.15, 0.2) is 157 Å². The number of aryl methyl sites for hydroxylation is 4. The standard InChI is InChI=1S/C53H41N4O2.BrH/c1-31-22-26-36-14-6-10-18-40(36)44(31)54-30-55(45-32(2)23-27-37-15-7-11-19-41(37)45)49-48(54)52(58)50-51(53(49)59)57(47-34(4)25-29-39-17-9-13-21-43(39)47)35(5)56(50)46-33(3)24-28-38-16-8-12-20-42(38)46;/h6-29H,30H2,1-5H3;1H/q+1;/p-1. The molecule has 11 rings (SSSR count). The molecule has 292 valence electrons. The Morgan fingerprint density at radius 2 is 0.817 bits per heavy atom. The summed E-state index contributed by atoms with van der Waals surface area (Å²) < 4.78 is 4.16. The Balaban J connectivity index is 0.00000433. The molecular weight excluding hydrogens is 805 g/mol. The molecule has 7 heteroatoms. The molecule has 2 heterocycles. The van der Waals surface area contributed by atoms with Crippen molar-refractivity contribution in [1.82, 2.24) is 4.57 Å². The second-order valence-corrected chi connectivity index (χ2v) is 16.1. The van der Waals surface area contributed by atoms with Gasteiger partial charge >= 0.3 is 0 Å². The van der Waals surface area contributed by atoms with E-state index in [1.165, 1.54) is 0 Å². The van der Waals surface area contributed by atoms with Crippen molar-refractivity contribution in [2.75, 3.05) is 16.5 Å². The highest BCUT2D eigenvalue weighted by molar-refractivity contribution is 6.29. The van der Waals surface area contributed by atoms with Crippen LogP contribution in [0.25, 0.3) is 54.5 Å². The fraction of sp³-hybridized carbons (Fsp3) is 0.113. The van der Waals surface area contributed by atoms with E-state index < -0.39 is 0 Å². The van der Waals surface area contributed by atoms with E-state index >= 15 is 9.59 Å². The average Bonchev–Trinajstić information content (AvgIpc) is 3.78. The number of fused-ring (bicyclic) bond motifs is 5. The average molecular weight is 846 g/mol. The lowest BCUT2D eigenvalue weighted by Gasteiger charge is -2.28. The molecule has 1 aromatic heterocycles. The highest BCUT2D eigenvalue weighted by Crippen LogP contribution is 2.46. The molecule has 60 heavy (non-hydrogen) atoms. The summed E-state index contributed by atoms with van der Waals surface area (Å²) in [5.41, 5.74) is 9.24. The zero-order valence-electron chi connectivity index (χ0n) is 34.0. The van der Waals surface area contributed by atoms with Crippen molar-refractivity contribution in [2.24, 2.45) is 0 Å². The molecule has 0 fully saturated rings. The number of imidazole rings is 1. The first-order valence-corrected chi connectivity index (χ1v) is 20.2. The van der Waals surface area contributed by atoms with Gasteiger partial charge in [0.15, 0.2) is 0 Å². The number of halogens is 1. The molecule has 0 saturated heterocycles. The van der Waals surface area contributed by atoms with Gasteiger partial charge < -0.3 is 26.8 Å². The predicted molar refractivity (Wildman–Crippen MR) is 239 cm³/mol. The first-order valence-electron chi connectivity index (χ1n) is 20.2. The number of ketones is 2. The van der Waals surface area contributed by atoms with Gasteiger partial charge in [0.25, 0.3) is 17.4 Å². The molecule has 8 aromatic carbocycles. The summed E-state index contributed by atoms with van der Waals surface area (Å²) >= 11 is 0. The number of rotatable bonds is 4. The number of carbonyl (C=O) groups is 2. The fourth-order valence-electron chi connectivity index (χ4n) is 9.96. The van der Waals surface area contributed by atoms with Gasteiger partial charge in [0.05, 0.1) is 11.4 Å². The number of Topliss-reactive ketones (excluding diaryl/α,β-unsaturated/α-hetero) is 2. The topological polar surface area (TPSA) is 49.4 Å². The normalized spacial score (nSPS) is 13.8. The third-order valence-corrected chi connectivity index (χ3v) is 12.6. The molecule has 0 N–H and O–H groups in total. The second kappa shape index (κ2) is 13.9. The van der Waals surface area contributed by atoms with E-state index in [4.69, 9.17) is 0 Å². The molecule has 0 unspecified atom stereocenters. The van der Waals surface area contributed by atoms with Crippen LogP contribution in [0.5, 0.6) is 0 Å². The molecule has 0 bridgehead atoms. The minimum atomic E-state index is -0.186. The number of hydrogen-bond acceptors (Lipinski definition) is 4. The van der Waals surface area contributed by atoms with E-state index in [0.29, 0.717) is 22.8 Å². The molecule has 0 atom stereocenters. The molecule has 0 amide bonds. The Hall–Kier alpha value is -6.83. The first-order chi connectivity index (χ1) is 28.7. The number of anilines is 2. The van der Waals surface area contributed by atoms with Gasteiger partial charge in [0.2, 0.25) is 11.4 Å². The second-order valence-electron chi connectivity index (χ2n) is 16.1. The Labute approximate surface area is 359 Å². The number of aromatic nitrogens is 2. The highest BCUT2D eigenvalue weighted by Gasteiger charge is 2.53. The van der Waals surface area contributed by atoms with Gasteiger partial charge in [-0.25, -0.2) is 0 Å². The number of nitrogens with zero attached hydrogens (tertiary/aromatic N) is 4. The fourth-order valence-corrected chi connectivity index (χ4v) is 9.96. The lowest BCUT2D eigenvalue weighted by molar-refractivity contribution is -0.602.